The van der Waals surface area contributed by atoms with Gasteiger partial charge < -0.3 is 9.88 Å². The van der Waals surface area contributed by atoms with Gasteiger partial charge in [-0.2, -0.15) is 0 Å². The fourth-order valence-electron chi connectivity index (χ4n) is 1.48. The first-order valence-corrected chi connectivity index (χ1v) is 5.39. The number of carbonyl (C=O) groups is 1. The number of nitrogens with one attached hydrogen (secondary N) is 1. The highest BCUT2D eigenvalue weighted by Crippen LogP contribution is 2.03. The monoisotopic (exact) mass is 249 g/mol. The molecule has 2 aromatic heterocycles. The van der Waals surface area contributed by atoms with Crippen LogP contribution >= 0.6 is 0 Å². The Labute approximate surface area is 103 Å². The molecule has 0 radical (unpaired) electrons. The topological polar surface area (TPSA) is 72.7 Å². The van der Waals surface area contributed by atoms with Crippen molar-refractivity contribution in [1.82, 2.24) is 25.1 Å². The van der Waals surface area contributed by atoms with E-state index in [4.69, 9.17) is 0 Å². The van der Waals surface area contributed by atoms with Crippen molar-refractivity contribution >= 4 is 5.91 Å². The first-order valence-electron chi connectivity index (χ1n) is 5.39. The smallest absolute Gasteiger partial charge is 0.254 e. The number of amides is 1. The molecular formula is C11H12FN5O. The third-order valence-corrected chi connectivity index (χ3v) is 2.46. The van der Waals surface area contributed by atoms with E-state index in [2.05, 4.69) is 20.5 Å². The number of pyridine rings is 1. The Balaban J connectivity index is 1.90. The number of halogens is 1. The van der Waals surface area contributed by atoms with Crippen LogP contribution in [0.2, 0.25) is 0 Å². The van der Waals surface area contributed by atoms with E-state index in [0.717, 1.165) is 12.0 Å². The molecule has 0 fully saturated rings. The molecular weight excluding hydrogens is 237 g/mol. The molecule has 2 aromatic rings. The van der Waals surface area contributed by atoms with Gasteiger partial charge in [0.15, 0.2) is 5.82 Å². The quantitative estimate of drug-likeness (QED) is 0.847. The summed E-state index contributed by atoms with van der Waals surface area (Å²) in [4.78, 5) is 15.2. The van der Waals surface area contributed by atoms with Crippen molar-refractivity contribution in [3.8, 4) is 0 Å². The lowest BCUT2D eigenvalue weighted by Crippen LogP contribution is -2.27. The van der Waals surface area contributed by atoms with Crippen molar-refractivity contribution in [3.63, 3.8) is 0 Å². The summed E-state index contributed by atoms with van der Waals surface area (Å²) in [6, 6.07) is 1.34. The SMILES string of the molecule is Cn1cnnc1CCNC(=O)c1ccncc1F. The largest absolute Gasteiger partial charge is 0.351 e. The highest BCUT2D eigenvalue weighted by molar-refractivity contribution is 5.94. The maximum absolute atomic E-state index is 13.3. The number of rotatable bonds is 4. The van der Waals surface area contributed by atoms with Gasteiger partial charge in [0.1, 0.15) is 12.2 Å². The van der Waals surface area contributed by atoms with Gasteiger partial charge in [0.25, 0.3) is 5.91 Å². The van der Waals surface area contributed by atoms with Gasteiger partial charge in [0, 0.05) is 26.2 Å². The van der Waals surface area contributed by atoms with Gasteiger partial charge in [-0.05, 0) is 6.07 Å². The zero-order valence-corrected chi connectivity index (χ0v) is 9.80. The Morgan fingerprint density at radius 1 is 1.56 bits per heavy atom. The van der Waals surface area contributed by atoms with E-state index >= 15 is 0 Å². The maximum Gasteiger partial charge on any atom is 0.254 e. The summed E-state index contributed by atoms with van der Waals surface area (Å²) >= 11 is 0. The van der Waals surface area contributed by atoms with E-state index in [9.17, 15) is 9.18 Å². The zero-order chi connectivity index (χ0) is 13.0. The molecule has 2 rings (SSSR count). The Morgan fingerprint density at radius 3 is 3.06 bits per heavy atom. The number of carbonyl (C=O) groups excluding carboxylic acids is 1. The zero-order valence-electron chi connectivity index (χ0n) is 9.80. The second kappa shape index (κ2) is 5.35. The van der Waals surface area contributed by atoms with E-state index in [1.807, 2.05) is 7.05 Å². The van der Waals surface area contributed by atoms with Crippen LogP contribution in [0.1, 0.15) is 16.2 Å². The molecule has 18 heavy (non-hydrogen) atoms. The predicted octanol–water partition coefficient (Wildman–Crippen LogP) is 0.322. The lowest BCUT2D eigenvalue weighted by Gasteiger charge is -2.05. The highest BCUT2D eigenvalue weighted by Gasteiger charge is 2.10. The van der Waals surface area contributed by atoms with Crippen molar-refractivity contribution in [2.75, 3.05) is 6.54 Å². The molecule has 2 heterocycles. The number of aryl methyl sites for hydroxylation is 1. The molecule has 7 heteroatoms. The first kappa shape index (κ1) is 12.2. The molecule has 0 unspecified atom stereocenters. The van der Waals surface area contributed by atoms with Gasteiger partial charge in [-0.25, -0.2) is 4.39 Å². The fraction of sp³-hybridized carbons (Fsp3) is 0.273. The number of aromatic nitrogens is 4. The standard InChI is InChI=1S/C11H12FN5O/c1-17-7-15-16-10(17)3-5-14-11(18)8-2-4-13-6-9(8)12/h2,4,6-7H,3,5H2,1H3,(H,14,18). The number of hydrogen-bond acceptors (Lipinski definition) is 4. The van der Waals surface area contributed by atoms with E-state index in [1.54, 1.807) is 10.9 Å². The molecule has 1 N–H and O–H groups in total. The molecule has 6 nitrogen and oxygen atoms in total. The average molecular weight is 249 g/mol. The van der Waals surface area contributed by atoms with Crippen molar-refractivity contribution in [1.29, 1.82) is 0 Å². The molecule has 0 aliphatic rings. The highest BCUT2D eigenvalue weighted by atomic mass is 19.1. The Bertz CT molecular complexity index is 554. The molecule has 0 aromatic carbocycles. The van der Waals surface area contributed by atoms with Crippen LogP contribution < -0.4 is 5.32 Å². The summed E-state index contributed by atoms with van der Waals surface area (Å²) in [7, 11) is 1.82. The van der Waals surface area contributed by atoms with Crippen molar-refractivity contribution in [3.05, 3.63) is 42.0 Å². The van der Waals surface area contributed by atoms with Crippen molar-refractivity contribution in [2.45, 2.75) is 6.42 Å². The number of nitrogens with zero attached hydrogens (tertiary/aromatic N) is 4. The van der Waals surface area contributed by atoms with Crippen LogP contribution in [0.25, 0.3) is 0 Å². The van der Waals surface area contributed by atoms with E-state index in [0.29, 0.717) is 13.0 Å². The summed E-state index contributed by atoms with van der Waals surface area (Å²) < 4.78 is 15.0. The van der Waals surface area contributed by atoms with Crippen LogP contribution in [0.4, 0.5) is 4.39 Å². The molecule has 0 atom stereocenters. The van der Waals surface area contributed by atoms with Crippen LogP contribution in [0.3, 0.4) is 0 Å². The Morgan fingerprint density at radius 2 is 2.39 bits per heavy atom. The molecule has 0 spiro atoms. The lowest BCUT2D eigenvalue weighted by atomic mass is 10.2. The normalized spacial score (nSPS) is 10.3. The van der Waals surface area contributed by atoms with Crippen LogP contribution in [-0.4, -0.2) is 32.2 Å². The predicted molar refractivity (Wildman–Crippen MR) is 61.2 cm³/mol. The lowest BCUT2D eigenvalue weighted by molar-refractivity contribution is 0.0949. The van der Waals surface area contributed by atoms with Gasteiger partial charge in [0.2, 0.25) is 0 Å². The van der Waals surface area contributed by atoms with Gasteiger partial charge in [0.05, 0.1) is 11.8 Å². The summed E-state index contributed by atoms with van der Waals surface area (Å²) in [5.41, 5.74) is -0.0111. The third-order valence-electron chi connectivity index (χ3n) is 2.46. The Hall–Kier alpha value is -2.31. The average Bonchev–Trinajstić information content (AvgIpc) is 2.75. The van der Waals surface area contributed by atoms with Gasteiger partial charge in [-0.1, -0.05) is 0 Å². The summed E-state index contributed by atoms with van der Waals surface area (Å²) in [6.07, 6.45) is 4.51. The molecule has 0 bridgehead atoms. The molecule has 0 saturated carbocycles. The van der Waals surface area contributed by atoms with Crippen LogP contribution in [0.15, 0.2) is 24.8 Å². The Kier molecular flexibility index (Phi) is 3.61. The fourth-order valence-corrected chi connectivity index (χ4v) is 1.48. The summed E-state index contributed by atoms with van der Waals surface area (Å²) in [5, 5.41) is 10.2. The number of hydrogen-bond donors (Lipinski definition) is 1. The van der Waals surface area contributed by atoms with Crippen molar-refractivity contribution < 1.29 is 9.18 Å². The van der Waals surface area contributed by atoms with E-state index in [1.165, 1.54) is 12.3 Å². The van der Waals surface area contributed by atoms with Crippen LogP contribution in [-0.2, 0) is 13.5 Å². The molecule has 0 aliphatic heterocycles. The second-order valence-electron chi connectivity index (χ2n) is 3.72. The van der Waals surface area contributed by atoms with Gasteiger partial charge in [-0.3, -0.25) is 9.78 Å². The van der Waals surface area contributed by atoms with Gasteiger partial charge in [-0.15, -0.1) is 10.2 Å². The molecule has 0 aliphatic carbocycles. The summed E-state index contributed by atoms with van der Waals surface area (Å²) in [6.45, 7) is 0.368. The minimum atomic E-state index is -0.631. The van der Waals surface area contributed by atoms with Crippen LogP contribution in [0, 0.1) is 5.82 Å². The van der Waals surface area contributed by atoms with Gasteiger partial charge >= 0.3 is 0 Å². The maximum atomic E-state index is 13.3. The molecule has 94 valence electrons. The van der Waals surface area contributed by atoms with Crippen LogP contribution in [0.5, 0.6) is 0 Å². The van der Waals surface area contributed by atoms with Crippen molar-refractivity contribution in [2.24, 2.45) is 7.05 Å². The second-order valence-corrected chi connectivity index (χ2v) is 3.72. The summed E-state index contributed by atoms with van der Waals surface area (Å²) in [5.74, 6) is -0.337. The first-order chi connectivity index (χ1) is 8.68. The third kappa shape index (κ3) is 2.68. The van der Waals surface area contributed by atoms with E-state index < -0.39 is 11.7 Å². The minimum Gasteiger partial charge on any atom is -0.351 e. The molecule has 1 amide bonds. The van der Waals surface area contributed by atoms with E-state index in [-0.39, 0.29) is 5.56 Å². The minimum absolute atomic E-state index is 0.0111. The molecule has 0 saturated heterocycles.